The molecule has 0 unspecified atom stereocenters. The van der Waals surface area contributed by atoms with E-state index >= 15 is 0 Å². The lowest BCUT2D eigenvalue weighted by atomic mass is 10.1. The molecule has 0 radical (unpaired) electrons. The predicted molar refractivity (Wildman–Crippen MR) is 98.7 cm³/mol. The van der Waals surface area contributed by atoms with E-state index in [0.29, 0.717) is 29.1 Å². The van der Waals surface area contributed by atoms with Crippen LogP contribution >= 0.6 is 11.3 Å². The van der Waals surface area contributed by atoms with E-state index in [1.54, 1.807) is 13.8 Å². The molecule has 0 aromatic carbocycles. The van der Waals surface area contributed by atoms with E-state index < -0.39 is 24.2 Å². The highest BCUT2D eigenvalue weighted by atomic mass is 32.1. The molecule has 1 aliphatic rings. The minimum atomic E-state index is -4.32. The van der Waals surface area contributed by atoms with E-state index in [9.17, 15) is 27.5 Å². The Morgan fingerprint density at radius 3 is 2.46 bits per heavy atom. The summed E-state index contributed by atoms with van der Waals surface area (Å²) < 4.78 is 49.4. The Morgan fingerprint density at radius 2 is 2.00 bits per heavy atom. The quantitative estimate of drug-likeness (QED) is 0.649. The fourth-order valence-electron chi connectivity index (χ4n) is 2.77. The summed E-state index contributed by atoms with van der Waals surface area (Å²) in [4.78, 5) is 15.5. The molecule has 3 rings (SSSR count). The average Bonchev–Trinajstić information content (AvgIpc) is 3.13. The number of alkyl halides is 3. The smallest absolute Gasteiger partial charge is 0.385 e. The van der Waals surface area contributed by atoms with E-state index in [4.69, 9.17) is 5.73 Å². The van der Waals surface area contributed by atoms with Gasteiger partial charge in [0.05, 0.1) is 17.7 Å². The molecular weight excluding hydrogens is 398 g/mol. The molecule has 0 fully saturated rings. The monoisotopic (exact) mass is 419 g/mol. The van der Waals surface area contributed by atoms with Crippen LogP contribution in [-0.2, 0) is 24.9 Å². The van der Waals surface area contributed by atoms with Gasteiger partial charge in [-0.2, -0.15) is 13.2 Å². The Labute approximate surface area is 163 Å². The van der Waals surface area contributed by atoms with Crippen LogP contribution < -0.4 is 11.1 Å². The van der Waals surface area contributed by atoms with E-state index in [2.05, 4.69) is 10.3 Å². The number of thiophene rings is 1. The second kappa shape index (κ2) is 8.44. The van der Waals surface area contributed by atoms with Crippen LogP contribution in [0.4, 0.5) is 28.0 Å². The van der Waals surface area contributed by atoms with Crippen LogP contribution in [-0.4, -0.2) is 22.3 Å². The van der Waals surface area contributed by atoms with Crippen LogP contribution in [0.15, 0.2) is 17.5 Å². The summed E-state index contributed by atoms with van der Waals surface area (Å²) in [5.41, 5.74) is 5.77. The average molecular weight is 419 g/mol. The molecule has 2 amide bonds. The number of anilines is 1. The van der Waals surface area contributed by atoms with Gasteiger partial charge in [-0.25, -0.2) is 9.18 Å². The number of carbonyl (C=O) groups is 1. The lowest BCUT2D eigenvalue weighted by Gasteiger charge is -2.13. The Bertz CT molecular complexity index is 844. The molecule has 2 aromatic rings. The number of aliphatic hydroxyl groups is 1. The van der Waals surface area contributed by atoms with Gasteiger partial charge >= 0.3 is 12.2 Å². The summed E-state index contributed by atoms with van der Waals surface area (Å²) in [5, 5.41) is 13.1. The third kappa shape index (κ3) is 6.45. The number of rotatable bonds is 3. The van der Waals surface area contributed by atoms with Crippen molar-refractivity contribution in [3.05, 3.63) is 45.2 Å². The number of urea groups is 1. The van der Waals surface area contributed by atoms with Crippen LogP contribution in [0.1, 0.15) is 42.1 Å². The van der Waals surface area contributed by atoms with Crippen molar-refractivity contribution in [3.63, 3.8) is 0 Å². The van der Waals surface area contributed by atoms with Gasteiger partial charge in [0.2, 0.25) is 0 Å². The topological polar surface area (TPSA) is 88.2 Å². The van der Waals surface area contributed by atoms with Crippen LogP contribution in [0.25, 0.3) is 0 Å². The van der Waals surface area contributed by atoms with Gasteiger partial charge in [0.25, 0.3) is 0 Å². The molecule has 2 heterocycles. The number of amides is 2. The Kier molecular flexibility index (Phi) is 6.66. The maximum absolute atomic E-state index is 12.4. The van der Waals surface area contributed by atoms with E-state index in [1.165, 1.54) is 28.8 Å². The fraction of sp³-hybridized carbons (Fsp3) is 0.444. The van der Waals surface area contributed by atoms with Crippen molar-refractivity contribution in [2.45, 2.75) is 51.3 Å². The molecule has 0 aliphatic heterocycles. The van der Waals surface area contributed by atoms with Gasteiger partial charge in [-0.05, 0) is 50.8 Å². The van der Waals surface area contributed by atoms with Crippen molar-refractivity contribution in [3.8, 4) is 0 Å². The Hall–Kier alpha value is -2.20. The highest BCUT2D eigenvalue weighted by Crippen LogP contribution is 2.30. The normalized spacial score (nSPS) is 13.5. The van der Waals surface area contributed by atoms with Crippen molar-refractivity contribution in [1.29, 1.82) is 0 Å². The highest BCUT2D eigenvalue weighted by molar-refractivity contribution is 7.10. The lowest BCUT2D eigenvalue weighted by molar-refractivity contribution is -0.127. The number of halogens is 4. The van der Waals surface area contributed by atoms with Crippen molar-refractivity contribution in [2.75, 3.05) is 5.32 Å². The van der Waals surface area contributed by atoms with Gasteiger partial charge in [0.15, 0.2) is 0 Å². The van der Waals surface area contributed by atoms with Crippen molar-refractivity contribution in [2.24, 2.45) is 5.73 Å². The highest BCUT2D eigenvalue weighted by Gasteiger charge is 2.30. The van der Waals surface area contributed by atoms with Crippen molar-refractivity contribution in [1.82, 2.24) is 4.98 Å². The van der Waals surface area contributed by atoms with E-state index in [1.807, 2.05) is 0 Å². The third-order valence-corrected chi connectivity index (χ3v) is 5.13. The van der Waals surface area contributed by atoms with Crippen molar-refractivity contribution >= 4 is 23.1 Å². The SMILES string of the molecule is CC(C)(O)c1cc(F)cs1.NC(=O)Nc1cc(CC(F)(F)F)nc2c1CCC2. The number of pyridine rings is 1. The molecule has 0 saturated heterocycles. The van der Waals surface area contributed by atoms with E-state index in [0.717, 1.165) is 12.0 Å². The molecule has 1 aliphatic carbocycles. The fourth-order valence-corrected chi connectivity index (χ4v) is 3.55. The number of carbonyl (C=O) groups excluding carboxylic acids is 1. The summed E-state index contributed by atoms with van der Waals surface area (Å²) >= 11 is 1.23. The maximum Gasteiger partial charge on any atom is 0.394 e. The molecule has 4 N–H and O–H groups in total. The molecule has 2 aromatic heterocycles. The van der Waals surface area contributed by atoms with Crippen LogP contribution in [0, 0.1) is 5.82 Å². The molecule has 0 saturated carbocycles. The Morgan fingerprint density at radius 1 is 1.32 bits per heavy atom. The number of hydrogen-bond donors (Lipinski definition) is 3. The first-order valence-electron chi connectivity index (χ1n) is 8.47. The molecule has 0 atom stereocenters. The molecule has 0 spiro atoms. The van der Waals surface area contributed by atoms with Gasteiger partial charge in [-0.3, -0.25) is 4.98 Å². The first-order chi connectivity index (χ1) is 12.8. The molecule has 10 heteroatoms. The van der Waals surface area contributed by atoms with E-state index in [-0.39, 0.29) is 11.5 Å². The van der Waals surface area contributed by atoms with Gasteiger partial charge in [0.1, 0.15) is 5.82 Å². The number of nitrogens with one attached hydrogen (secondary N) is 1. The third-order valence-electron chi connectivity index (χ3n) is 3.91. The van der Waals surface area contributed by atoms with Gasteiger partial charge in [-0.1, -0.05) is 0 Å². The predicted octanol–water partition coefficient (Wildman–Crippen LogP) is 4.28. The number of fused-ring (bicyclic) bond motifs is 1. The van der Waals surface area contributed by atoms with Crippen LogP contribution in [0.5, 0.6) is 0 Å². The van der Waals surface area contributed by atoms with Gasteiger partial charge in [0, 0.05) is 21.6 Å². The number of hydrogen-bond acceptors (Lipinski definition) is 4. The molecule has 28 heavy (non-hydrogen) atoms. The number of aromatic nitrogens is 1. The number of aryl methyl sites for hydroxylation is 1. The molecule has 0 bridgehead atoms. The summed E-state index contributed by atoms with van der Waals surface area (Å²) in [5.74, 6) is -0.276. The standard InChI is InChI=1S/C11H12F3N3O.C7H9FOS/c12-11(13,14)5-6-4-9(17-10(15)18)7-2-1-3-8(7)16-6;1-7(2,9)6-3-5(8)4-10-6/h4H,1-3,5H2,(H3,15,16,17,18);3-4,9H,1-2H3. The number of nitrogens with two attached hydrogens (primary N) is 1. The first-order valence-corrected chi connectivity index (χ1v) is 9.35. The molecule has 154 valence electrons. The minimum absolute atomic E-state index is 0.0908. The summed E-state index contributed by atoms with van der Waals surface area (Å²) in [6.07, 6.45) is -3.26. The zero-order chi connectivity index (χ0) is 21.1. The minimum Gasteiger partial charge on any atom is -0.385 e. The first kappa shape index (κ1) is 22.1. The second-order valence-corrected chi connectivity index (χ2v) is 7.82. The zero-order valence-corrected chi connectivity index (χ0v) is 16.2. The number of primary amides is 1. The Balaban J connectivity index is 0.000000237. The summed E-state index contributed by atoms with van der Waals surface area (Å²) in [6.45, 7) is 3.27. The van der Waals surface area contributed by atoms with Crippen LogP contribution in [0.2, 0.25) is 0 Å². The summed E-state index contributed by atoms with van der Waals surface area (Å²) in [6, 6.07) is 1.82. The molecule has 5 nitrogen and oxygen atoms in total. The lowest BCUT2D eigenvalue weighted by Crippen LogP contribution is -2.21. The maximum atomic E-state index is 12.4. The van der Waals surface area contributed by atoms with Gasteiger partial charge < -0.3 is 16.2 Å². The second-order valence-electron chi connectivity index (χ2n) is 6.91. The largest absolute Gasteiger partial charge is 0.394 e. The van der Waals surface area contributed by atoms with Gasteiger partial charge in [-0.15, -0.1) is 11.3 Å². The number of nitrogens with zero attached hydrogens (tertiary/aromatic N) is 1. The summed E-state index contributed by atoms with van der Waals surface area (Å²) in [7, 11) is 0. The van der Waals surface area contributed by atoms with Crippen molar-refractivity contribution < 1.29 is 27.5 Å². The van der Waals surface area contributed by atoms with Crippen LogP contribution in [0.3, 0.4) is 0 Å². The molecular formula is C18H21F4N3O2S. The zero-order valence-electron chi connectivity index (χ0n) is 15.4.